The summed E-state index contributed by atoms with van der Waals surface area (Å²) in [5, 5.41) is 9.05. The third-order valence-corrected chi connectivity index (χ3v) is 5.12. The standard InChI is InChI=1S/C19H35N5O3/c1-3-15(2)22-17(25)14-24(19(27)13-21-16-6-7-16)18(26)12-20-8-11-23-9-4-5-10-23/h15-16,20-21H,3-14H2,1-2H3,(H,22,25)/t15-/m1/s1. The molecule has 3 amide bonds. The summed E-state index contributed by atoms with van der Waals surface area (Å²) in [6.45, 7) is 7.66. The quantitative estimate of drug-likeness (QED) is 0.402. The van der Waals surface area contributed by atoms with E-state index in [9.17, 15) is 14.4 Å². The van der Waals surface area contributed by atoms with Crippen LogP contribution in [0.15, 0.2) is 0 Å². The van der Waals surface area contributed by atoms with Gasteiger partial charge in [-0.15, -0.1) is 0 Å². The van der Waals surface area contributed by atoms with Crippen LogP contribution in [0.5, 0.6) is 0 Å². The van der Waals surface area contributed by atoms with Gasteiger partial charge in [-0.2, -0.15) is 0 Å². The number of imide groups is 1. The molecule has 154 valence electrons. The van der Waals surface area contributed by atoms with Crippen LogP contribution in [0.1, 0.15) is 46.0 Å². The van der Waals surface area contributed by atoms with Crippen LogP contribution in [-0.2, 0) is 14.4 Å². The molecule has 0 aromatic carbocycles. The minimum atomic E-state index is -0.349. The molecular weight excluding hydrogens is 346 g/mol. The first-order valence-corrected chi connectivity index (χ1v) is 10.3. The molecule has 1 saturated heterocycles. The van der Waals surface area contributed by atoms with Gasteiger partial charge in [-0.3, -0.25) is 19.3 Å². The van der Waals surface area contributed by atoms with Gasteiger partial charge in [0.05, 0.1) is 13.1 Å². The number of amides is 3. The predicted octanol–water partition coefficient (Wildman–Crippen LogP) is -0.306. The first kappa shape index (κ1) is 21.8. The van der Waals surface area contributed by atoms with Crippen molar-refractivity contribution in [1.29, 1.82) is 0 Å². The summed E-state index contributed by atoms with van der Waals surface area (Å²) >= 11 is 0. The maximum Gasteiger partial charge on any atom is 0.243 e. The fourth-order valence-electron chi connectivity index (χ4n) is 3.03. The van der Waals surface area contributed by atoms with E-state index in [-0.39, 0.29) is 43.4 Å². The Labute approximate surface area is 162 Å². The molecular formula is C19H35N5O3. The molecule has 8 heteroatoms. The van der Waals surface area contributed by atoms with Crippen molar-refractivity contribution in [1.82, 2.24) is 25.8 Å². The molecule has 8 nitrogen and oxygen atoms in total. The molecule has 27 heavy (non-hydrogen) atoms. The smallest absolute Gasteiger partial charge is 0.243 e. The van der Waals surface area contributed by atoms with Gasteiger partial charge in [0.15, 0.2) is 0 Å². The highest BCUT2D eigenvalue weighted by Crippen LogP contribution is 2.18. The first-order valence-electron chi connectivity index (χ1n) is 10.3. The number of carbonyl (C=O) groups excluding carboxylic acids is 3. The third kappa shape index (κ3) is 8.36. The van der Waals surface area contributed by atoms with Crippen molar-refractivity contribution in [3.05, 3.63) is 0 Å². The van der Waals surface area contributed by atoms with Gasteiger partial charge in [-0.05, 0) is 52.1 Å². The lowest BCUT2D eigenvalue weighted by molar-refractivity contribution is -0.147. The van der Waals surface area contributed by atoms with Crippen LogP contribution in [-0.4, -0.2) is 85.4 Å². The molecule has 3 N–H and O–H groups in total. The number of carbonyl (C=O) groups is 3. The van der Waals surface area contributed by atoms with E-state index in [4.69, 9.17) is 0 Å². The molecule has 0 unspecified atom stereocenters. The highest BCUT2D eigenvalue weighted by atomic mass is 16.2. The number of hydrogen-bond acceptors (Lipinski definition) is 6. The molecule has 1 atom stereocenters. The van der Waals surface area contributed by atoms with E-state index in [2.05, 4.69) is 20.9 Å². The SMILES string of the molecule is CC[C@@H](C)NC(=O)CN(C(=O)CNCCN1CCCC1)C(=O)CNC1CC1. The number of nitrogens with zero attached hydrogens (tertiary/aromatic N) is 2. The van der Waals surface area contributed by atoms with Crippen molar-refractivity contribution < 1.29 is 14.4 Å². The number of hydrogen-bond donors (Lipinski definition) is 3. The van der Waals surface area contributed by atoms with E-state index in [1.165, 1.54) is 12.8 Å². The Bertz CT molecular complexity index is 504. The Hall–Kier alpha value is -1.51. The molecule has 1 saturated carbocycles. The van der Waals surface area contributed by atoms with Crippen molar-refractivity contribution in [3.8, 4) is 0 Å². The molecule has 2 aliphatic rings. The molecule has 0 bridgehead atoms. The zero-order valence-corrected chi connectivity index (χ0v) is 16.8. The van der Waals surface area contributed by atoms with Gasteiger partial charge < -0.3 is 20.9 Å². The van der Waals surface area contributed by atoms with Crippen LogP contribution in [0, 0.1) is 0 Å². The molecule has 0 spiro atoms. The maximum atomic E-state index is 12.6. The lowest BCUT2D eigenvalue weighted by Gasteiger charge is -2.22. The van der Waals surface area contributed by atoms with Gasteiger partial charge in [0.2, 0.25) is 17.7 Å². The summed E-state index contributed by atoms with van der Waals surface area (Å²) < 4.78 is 0. The summed E-state index contributed by atoms with van der Waals surface area (Å²) in [4.78, 5) is 40.7. The fraction of sp³-hybridized carbons (Fsp3) is 0.842. The number of rotatable bonds is 12. The molecule has 1 aliphatic heterocycles. The van der Waals surface area contributed by atoms with Crippen molar-refractivity contribution in [3.63, 3.8) is 0 Å². The van der Waals surface area contributed by atoms with Gasteiger partial charge in [0, 0.05) is 25.2 Å². The van der Waals surface area contributed by atoms with E-state index < -0.39 is 0 Å². The van der Waals surface area contributed by atoms with Gasteiger partial charge in [0.25, 0.3) is 0 Å². The lowest BCUT2D eigenvalue weighted by atomic mass is 10.2. The molecule has 2 fully saturated rings. The largest absolute Gasteiger partial charge is 0.352 e. The van der Waals surface area contributed by atoms with Crippen LogP contribution in [0.4, 0.5) is 0 Å². The topological polar surface area (TPSA) is 93.8 Å². The Morgan fingerprint density at radius 2 is 1.78 bits per heavy atom. The summed E-state index contributed by atoms with van der Waals surface area (Å²) in [5.74, 6) is -0.986. The van der Waals surface area contributed by atoms with E-state index in [0.29, 0.717) is 12.6 Å². The molecule has 0 aromatic rings. The fourth-order valence-corrected chi connectivity index (χ4v) is 3.03. The molecule has 2 rings (SSSR count). The van der Waals surface area contributed by atoms with Crippen LogP contribution >= 0.6 is 0 Å². The average molecular weight is 382 g/mol. The summed E-state index contributed by atoms with van der Waals surface area (Å²) in [6, 6.07) is 0.395. The van der Waals surface area contributed by atoms with E-state index in [1.54, 1.807) is 0 Å². The molecule has 1 aliphatic carbocycles. The molecule has 1 heterocycles. The van der Waals surface area contributed by atoms with Crippen molar-refractivity contribution in [2.24, 2.45) is 0 Å². The monoisotopic (exact) mass is 381 g/mol. The van der Waals surface area contributed by atoms with Gasteiger partial charge in [-0.25, -0.2) is 0 Å². The van der Waals surface area contributed by atoms with Gasteiger partial charge in [0.1, 0.15) is 6.54 Å². The summed E-state index contributed by atoms with van der Waals surface area (Å²) in [5.41, 5.74) is 0. The second kappa shape index (κ2) is 11.4. The second-order valence-corrected chi connectivity index (χ2v) is 7.63. The van der Waals surface area contributed by atoms with Crippen molar-refractivity contribution in [2.75, 3.05) is 45.8 Å². The Morgan fingerprint density at radius 1 is 1.11 bits per heavy atom. The van der Waals surface area contributed by atoms with Crippen molar-refractivity contribution >= 4 is 17.7 Å². The Kier molecular flexibility index (Phi) is 9.17. The summed E-state index contributed by atoms with van der Waals surface area (Å²) in [6.07, 6.45) is 5.40. The van der Waals surface area contributed by atoms with Crippen LogP contribution in [0.2, 0.25) is 0 Å². The van der Waals surface area contributed by atoms with Crippen LogP contribution in [0.3, 0.4) is 0 Å². The van der Waals surface area contributed by atoms with Gasteiger partial charge >= 0.3 is 0 Å². The average Bonchev–Trinajstić information content (AvgIpc) is 3.34. The number of likely N-dealkylation sites (tertiary alicyclic amines) is 1. The minimum absolute atomic E-state index is 0.0210. The van der Waals surface area contributed by atoms with Gasteiger partial charge in [-0.1, -0.05) is 6.92 Å². The van der Waals surface area contributed by atoms with E-state index in [1.807, 2.05) is 13.8 Å². The molecule has 0 radical (unpaired) electrons. The normalized spacial score (nSPS) is 18.3. The minimum Gasteiger partial charge on any atom is -0.352 e. The van der Waals surface area contributed by atoms with E-state index >= 15 is 0 Å². The highest BCUT2D eigenvalue weighted by Gasteiger charge is 2.27. The van der Waals surface area contributed by atoms with E-state index in [0.717, 1.165) is 43.8 Å². The maximum absolute atomic E-state index is 12.6. The van der Waals surface area contributed by atoms with Crippen LogP contribution in [0.25, 0.3) is 0 Å². The third-order valence-electron chi connectivity index (χ3n) is 5.12. The Balaban J connectivity index is 1.79. The lowest BCUT2D eigenvalue weighted by Crippen LogP contribution is -2.51. The summed E-state index contributed by atoms with van der Waals surface area (Å²) in [7, 11) is 0. The van der Waals surface area contributed by atoms with Crippen molar-refractivity contribution in [2.45, 2.75) is 58.0 Å². The second-order valence-electron chi connectivity index (χ2n) is 7.63. The molecule has 0 aromatic heterocycles. The zero-order chi connectivity index (χ0) is 19.6. The van der Waals surface area contributed by atoms with Crippen LogP contribution < -0.4 is 16.0 Å². The predicted molar refractivity (Wildman–Crippen MR) is 104 cm³/mol. The Morgan fingerprint density at radius 3 is 2.41 bits per heavy atom. The zero-order valence-electron chi connectivity index (χ0n) is 16.8. The first-order chi connectivity index (χ1) is 13.0. The number of nitrogens with one attached hydrogen (secondary N) is 3. The highest BCUT2D eigenvalue weighted by molar-refractivity contribution is 6.00.